The van der Waals surface area contributed by atoms with Gasteiger partial charge in [-0.3, -0.25) is 4.79 Å². The molecular formula is C13H23N3O2. The maximum absolute atomic E-state index is 12.7. The summed E-state index contributed by atoms with van der Waals surface area (Å²) in [4.78, 5) is 14.7. The summed E-state index contributed by atoms with van der Waals surface area (Å²) in [7, 11) is 0. The Morgan fingerprint density at radius 2 is 1.61 bits per heavy atom. The zero-order valence-electron chi connectivity index (χ0n) is 10.9. The van der Waals surface area contributed by atoms with E-state index in [-0.39, 0.29) is 11.7 Å². The topological polar surface area (TPSA) is 78.9 Å². The molecule has 2 rings (SSSR count). The summed E-state index contributed by atoms with van der Waals surface area (Å²) in [5, 5.41) is 12.1. The minimum absolute atomic E-state index is 0.0807. The monoisotopic (exact) mass is 253 g/mol. The molecular weight excluding hydrogens is 230 g/mol. The number of carbonyl (C=O) groups is 1. The molecule has 2 fully saturated rings. The lowest BCUT2D eigenvalue weighted by Crippen LogP contribution is -2.50. The molecule has 0 aromatic heterocycles. The van der Waals surface area contributed by atoms with Gasteiger partial charge in [-0.05, 0) is 25.7 Å². The van der Waals surface area contributed by atoms with E-state index >= 15 is 0 Å². The van der Waals surface area contributed by atoms with Crippen LogP contribution in [0.5, 0.6) is 0 Å². The fraction of sp³-hybridized carbons (Fsp3) is 0.846. The number of rotatable bonds is 2. The highest BCUT2D eigenvalue weighted by atomic mass is 16.4. The number of amidine groups is 1. The molecule has 0 atom stereocenters. The number of nitrogens with zero attached hydrogens (tertiary/aromatic N) is 2. The van der Waals surface area contributed by atoms with Crippen LogP contribution in [-0.4, -0.2) is 34.9 Å². The van der Waals surface area contributed by atoms with Gasteiger partial charge < -0.3 is 15.8 Å². The minimum atomic E-state index is -0.723. The van der Waals surface area contributed by atoms with Crippen molar-refractivity contribution in [3.8, 4) is 0 Å². The Balaban J connectivity index is 2.17. The fourth-order valence-electron chi connectivity index (χ4n) is 3.23. The van der Waals surface area contributed by atoms with Crippen molar-refractivity contribution >= 4 is 11.7 Å². The molecule has 0 bridgehead atoms. The molecule has 1 heterocycles. The van der Waals surface area contributed by atoms with Gasteiger partial charge in [0.1, 0.15) is 5.41 Å². The molecule has 1 amide bonds. The van der Waals surface area contributed by atoms with Gasteiger partial charge in [0.15, 0.2) is 5.84 Å². The van der Waals surface area contributed by atoms with Crippen LogP contribution in [-0.2, 0) is 4.79 Å². The van der Waals surface area contributed by atoms with Crippen LogP contribution in [0, 0.1) is 5.41 Å². The normalized spacial score (nSPS) is 24.9. The minimum Gasteiger partial charge on any atom is -0.409 e. The second-order valence-corrected chi connectivity index (χ2v) is 5.48. The third-order valence-corrected chi connectivity index (χ3v) is 4.36. The van der Waals surface area contributed by atoms with Crippen LogP contribution in [0.4, 0.5) is 0 Å². The van der Waals surface area contributed by atoms with Crippen LogP contribution in [0.25, 0.3) is 0 Å². The van der Waals surface area contributed by atoms with E-state index in [1.54, 1.807) is 0 Å². The molecule has 0 unspecified atom stereocenters. The van der Waals surface area contributed by atoms with E-state index in [9.17, 15) is 4.79 Å². The number of hydrogen-bond acceptors (Lipinski definition) is 3. The lowest BCUT2D eigenvalue weighted by atomic mass is 9.83. The standard InChI is InChI=1S/C13H23N3O2/c14-11(15-18)13(7-3-4-8-13)12(17)16-9-5-1-2-6-10-16/h18H,1-10H2,(H2,14,15). The zero-order valence-corrected chi connectivity index (χ0v) is 10.9. The Bertz CT molecular complexity index is 327. The number of nitrogens with two attached hydrogens (primary N) is 1. The summed E-state index contributed by atoms with van der Waals surface area (Å²) in [5.41, 5.74) is 5.09. The molecule has 1 aliphatic carbocycles. The maximum Gasteiger partial charge on any atom is 0.236 e. The van der Waals surface area contributed by atoms with Crippen LogP contribution >= 0.6 is 0 Å². The molecule has 0 radical (unpaired) electrons. The second kappa shape index (κ2) is 5.59. The van der Waals surface area contributed by atoms with Crippen LogP contribution in [0.2, 0.25) is 0 Å². The largest absolute Gasteiger partial charge is 0.409 e. The van der Waals surface area contributed by atoms with Gasteiger partial charge in [-0.2, -0.15) is 0 Å². The first-order valence-electron chi connectivity index (χ1n) is 6.98. The molecule has 1 aliphatic heterocycles. The summed E-state index contributed by atoms with van der Waals surface area (Å²) in [6.07, 6.45) is 7.93. The van der Waals surface area contributed by atoms with Gasteiger partial charge in [0.2, 0.25) is 5.91 Å². The third kappa shape index (κ3) is 2.31. The molecule has 2 aliphatic rings. The number of likely N-dealkylation sites (tertiary alicyclic amines) is 1. The molecule has 0 spiro atoms. The first-order valence-corrected chi connectivity index (χ1v) is 6.98. The lowest BCUT2D eigenvalue weighted by molar-refractivity contribution is -0.138. The Hall–Kier alpha value is -1.26. The SMILES string of the molecule is NC(=NO)C1(C(=O)N2CCCCCC2)CCCC1. The Morgan fingerprint density at radius 3 is 2.11 bits per heavy atom. The molecule has 1 saturated carbocycles. The summed E-state index contributed by atoms with van der Waals surface area (Å²) >= 11 is 0. The van der Waals surface area contributed by atoms with Crippen LogP contribution in [0.1, 0.15) is 51.4 Å². The van der Waals surface area contributed by atoms with E-state index in [0.717, 1.165) is 51.6 Å². The van der Waals surface area contributed by atoms with E-state index < -0.39 is 5.41 Å². The van der Waals surface area contributed by atoms with Crippen molar-refractivity contribution in [1.82, 2.24) is 4.90 Å². The average molecular weight is 253 g/mol. The smallest absolute Gasteiger partial charge is 0.236 e. The second-order valence-electron chi connectivity index (χ2n) is 5.48. The van der Waals surface area contributed by atoms with Gasteiger partial charge in [0.25, 0.3) is 0 Å². The van der Waals surface area contributed by atoms with Crippen molar-refractivity contribution in [3.63, 3.8) is 0 Å². The van der Waals surface area contributed by atoms with Gasteiger partial charge in [-0.15, -0.1) is 0 Å². The summed E-state index contributed by atoms with van der Waals surface area (Å²) in [5.74, 6) is 0.187. The van der Waals surface area contributed by atoms with Gasteiger partial charge in [-0.1, -0.05) is 30.8 Å². The zero-order chi connectivity index (χ0) is 13.0. The first kappa shape index (κ1) is 13.2. The van der Waals surface area contributed by atoms with Crippen molar-refractivity contribution in [1.29, 1.82) is 0 Å². The summed E-state index contributed by atoms with van der Waals surface area (Å²) in [6, 6.07) is 0. The van der Waals surface area contributed by atoms with E-state index in [1.165, 1.54) is 12.8 Å². The van der Waals surface area contributed by atoms with Gasteiger partial charge in [0.05, 0.1) is 0 Å². The van der Waals surface area contributed by atoms with E-state index in [0.29, 0.717) is 0 Å². The number of oxime groups is 1. The van der Waals surface area contributed by atoms with Crippen LogP contribution in [0.3, 0.4) is 0 Å². The van der Waals surface area contributed by atoms with Gasteiger partial charge >= 0.3 is 0 Å². The Kier molecular flexibility index (Phi) is 4.09. The van der Waals surface area contributed by atoms with Crippen molar-refractivity contribution < 1.29 is 10.0 Å². The number of amides is 1. The predicted molar refractivity (Wildman–Crippen MR) is 69.4 cm³/mol. The number of carbonyl (C=O) groups excluding carboxylic acids is 1. The van der Waals surface area contributed by atoms with Crippen molar-refractivity contribution in [2.24, 2.45) is 16.3 Å². The van der Waals surface area contributed by atoms with E-state index in [2.05, 4.69) is 5.16 Å². The fourth-order valence-corrected chi connectivity index (χ4v) is 3.23. The van der Waals surface area contributed by atoms with Crippen LogP contribution < -0.4 is 5.73 Å². The van der Waals surface area contributed by atoms with Crippen LogP contribution in [0.15, 0.2) is 5.16 Å². The maximum atomic E-state index is 12.7. The average Bonchev–Trinajstić information content (AvgIpc) is 2.74. The molecule has 0 aromatic rings. The molecule has 0 aromatic carbocycles. The molecule has 5 nitrogen and oxygen atoms in total. The van der Waals surface area contributed by atoms with Crippen molar-refractivity contribution in [2.75, 3.05) is 13.1 Å². The molecule has 3 N–H and O–H groups in total. The Morgan fingerprint density at radius 1 is 1.06 bits per heavy atom. The lowest BCUT2D eigenvalue weighted by Gasteiger charge is -2.32. The summed E-state index contributed by atoms with van der Waals surface area (Å²) in [6.45, 7) is 1.64. The van der Waals surface area contributed by atoms with Crippen molar-refractivity contribution in [3.05, 3.63) is 0 Å². The highest BCUT2D eigenvalue weighted by molar-refractivity contribution is 6.07. The third-order valence-electron chi connectivity index (χ3n) is 4.36. The highest BCUT2D eigenvalue weighted by Gasteiger charge is 2.47. The quantitative estimate of drug-likeness (QED) is 0.340. The number of hydrogen-bond donors (Lipinski definition) is 2. The van der Waals surface area contributed by atoms with Gasteiger partial charge in [0, 0.05) is 13.1 Å². The highest BCUT2D eigenvalue weighted by Crippen LogP contribution is 2.40. The summed E-state index contributed by atoms with van der Waals surface area (Å²) < 4.78 is 0. The Labute approximate surface area is 108 Å². The van der Waals surface area contributed by atoms with E-state index in [4.69, 9.17) is 10.9 Å². The van der Waals surface area contributed by atoms with Gasteiger partial charge in [-0.25, -0.2) is 0 Å². The predicted octanol–water partition coefficient (Wildman–Crippen LogP) is 1.70. The molecule has 5 heteroatoms. The molecule has 102 valence electrons. The van der Waals surface area contributed by atoms with Crippen molar-refractivity contribution in [2.45, 2.75) is 51.4 Å². The first-order chi connectivity index (χ1) is 8.70. The molecule has 18 heavy (non-hydrogen) atoms. The molecule has 1 saturated heterocycles. The van der Waals surface area contributed by atoms with E-state index in [1.807, 2.05) is 4.90 Å².